The highest BCUT2D eigenvalue weighted by molar-refractivity contribution is 5.33. The zero-order valence-corrected chi connectivity index (χ0v) is 12.4. The highest BCUT2D eigenvalue weighted by Crippen LogP contribution is 2.29. The van der Waals surface area contributed by atoms with Crippen molar-refractivity contribution in [3.05, 3.63) is 35.4 Å². The van der Waals surface area contributed by atoms with Crippen molar-refractivity contribution in [2.45, 2.75) is 50.6 Å². The van der Waals surface area contributed by atoms with Crippen molar-refractivity contribution in [3.8, 4) is 0 Å². The average Bonchev–Trinajstić information content (AvgIpc) is 3.22. The highest BCUT2D eigenvalue weighted by atomic mass is 15.2. The van der Waals surface area contributed by atoms with Crippen molar-refractivity contribution in [2.24, 2.45) is 5.92 Å². The molecule has 0 atom stereocenters. The topological polar surface area (TPSA) is 15.3 Å². The lowest BCUT2D eigenvalue weighted by atomic mass is 10.0. The van der Waals surface area contributed by atoms with Crippen LogP contribution in [0.15, 0.2) is 24.3 Å². The van der Waals surface area contributed by atoms with Gasteiger partial charge < -0.3 is 5.32 Å². The van der Waals surface area contributed by atoms with Gasteiger partial charge >= 0.3 is 0 Å². The standard InChI is InChI=1S/C18H26N2/c1-2-4-16-12-18(11-15(16)3-1)20-9-7-17(8-10-20)19-13-14-5-6-14/h1-4,14,17-19H,5-13H2. The molecule has 1 aromatic rings. The molecule has 4 rings (SSSR count). The van der Waals surface area contributed by atoms with Crippen LogP contribution in [-0.4, -0.2) is 36.6 Å². The summed E-state index contributed by atoms with van der Waals surface area (Å²) in [5.41, 5.74) is 3.18. The van der Waals surface area contributed by atoms with Gasteiger partial charge in [-0.25, -0.2) is 0 Å². The Bertz CT molecular complexity index is 433. The second-order valence-electron chi connectivity index (χ2n) is 6.99. The number of likely N-dealkylation sites (tertiary alicyclic amines) is 1. The third kappa shape index (κ3) is 2.77. The van der Waals surface area contributed by atoms with Gasteiger partial charge in [0.2, 0.25) is 0 Å². The van der Waals surface area contributed by atoms with E-state index in [9.17, 15) is 0 Å². The van der Waals surface area contributed by atoms with Crippen molar-refractivity contribution >= 4 is 0 Å². The van der Waals surface area contributed by atoms with Gasteiger partial charge in [0.15, 0.2) is 0 Å². The third-order valence-corrected chi connectivity index (χ3v) is 5.47. The molecular formula is C18H26N2. The summed E-state index contributed by atoms with van der Waals surface area (Å²) in [6.07, 6.45) is 8.17. The average molecular weight is 270 g/mol. The molecule has 0 aromatic heterocycles. The van der Waals surface area contributed by atoms with Crippen LogP contribution in [0.2, 0.25) is 0 Å². The molecule has 1 heterocycles. The molecule has 108 valence electrons. The van der Waals surface area contributed by atoms with Gasteiger partial charge in [0.1, 0.15) is 0 Å². The number of benzene rings is 1. The fourth-order valence-corrected chi connectivity index (χ4v) is 3.92. The van der Waals surface area contributed by atoms with E-state index in [0.717, 1.165) is 18.0 Å². The summed E-state index contributed by atoms with van der Waals surface area (Å²) in [6.45, 7) is 3.86. The van der Waals surface area contributed by atoms with E-state index < -0.39 is 0 Å². The van der Waals surface area contributed by atoms with Gasteiger partial charge in [-0.15, -0.1) is 0 Å². The largest absolute Gasteiger partial charge is 0.314 e. The van der Waals surface area contributed by atoms with Gasteiger partial charge in [-0.05, 0) is 75.2 Å². The summed E-state index contributed by atoms with van der Waals surface area (Å²) in [4.78, 5) is 2.75. The summed E-state index contributed by atoms with van der Waals surface area (Å²) < 4.78 is 0. The Morgan fingerprint density at radius 1 is 0.950 bits per heavy atom. The van der Waals surface area contributed by atoms with Crippen LogP contribution in [0.3, 0.4) is 0 Å². The van der Waals surface area contributed by atoms with Gasteiger partial charge in [-0.2, -0.15) is 0 Å². The van der Waals surface area contributed by atoms with E-state index in [-0.39, 0.29) is 0 Å². The summed E-state index contributed by atoms with van der Waals surface area (Å²) >= 11 is 0. The molecular weight excluding hydrogens is 244 g/mol. The lowest BCUT2D eigenvalue weighted by molar-refractivity contribution is 0.146. The van der Waals surface area contributed by atoms with E-state index in [4.69, 9.17) is 0 Å². The molecule has 2 nitrogen and oxygen atoms in total. The smallest absolute Gasteiger partial charge is 0.0176 e. The molecule has 0 radical (unpaired) electrons. The third-order valence-electron chi connectivity index (χ3n) is 5.47. The lowest BCUT2D eigenvalue weighted by Crippen LogP contribution is -2.47. The summed E-state index contributed by atoms with van der Waals surface area (Å²) in [5.74, 6) is 1.01. The van der Waals surface area contributed by atoms with Crippen LogP contribution in [0.1, 0.15) is 36.8 Å². The maximum absolute atomic E-state index is 3.79. The molecule has 1 aromatic carbocycles. The van der Waals surface area contributed by atoms with E-state index in [0.29, 0.717) is 0 Å². The molecule has 1 saturated heterocycles. The highest BCUT2D eigenvalue weighted by Gasteiger charge is 2.30. The molecule has 0 spiro atoms. The van der Waals surface area contributed by atoms with Gasteiger partial charge in [0.05, 0.1) is 0 Å². The molecule has 20 heavy (non-hydrogen) atoms. The number of fused-ring (bicyclic) bond motifs is 1. The number of rotatable bonds is 4. The van der Waals surface area contributed by atoms with Crippen LogP contribution in [0, 0.1) is 5.92 Å². The minimum Gasteiger partial charge on any atom is -0.314 e. The monoisotopic (exact) mass is 270 g/mol. The minimum absolute atomic E-state index is 0.775. The van der Waals surface area contributed by atoms with E-state index in [1.54, 1.807) is 11.1 Å². The van der Waals surface area contributed by atoms with E-state index >= 15 is 0 Å². The fourth-order valence-electron chi connectivity index (χ4n) is 3.92. The Balaban J connectivity index is 1.27. The molecule has 0 unspecified atom stereocenters. The molecule has 1 aliphatic heterocycles. The predicted molar refractivity (Wildman–Crippen MR) is 83.0 cm³/mol. The number of hydrogen-bond acceptors (Lipinski definition) is 2. The normalized spacial score (nSPS) is 25.0. The zero-order chi connectivity index (χ0) is 13.4. The Morgan fingerprint density at radius 2 is 1.60 bits per heavy atom. The fraction of sp³-hybridized carbons (Fsp3) is 0.667. The number of nitrogens with one attached hydrogen (secondary N) is 1. The van der Waals surface area contributed by atoms with Crippen molar-refractivity contribution < 1.29 is 0 Å². The Kier molecular flexibility index (Phi) is 3.53. The maximum Gasteiger partial charge on any atom is 0.0176 e. The van der Waals surface area contributed by atoms with E-state index in [1.807, 2.05) is 0 Å². The van der Waals surface area contributed by atoms with Crippen LogP contribution in [0.4, 0.5) is 0 Å². The molecule has 3 aliphatic rings. The molecule has 1 saturated carbocycles. The quantitative estimate of drug-likeness (QED) is 0.905. The first-order valence-corrected chi connectivity index (χ1v) is 8.43. The van der Waals surface area contributed by atoms with Crippen LogP contribution >= 0.6 is 0 Å². The predicted octanol–water partition coefficient (Wildman–Crippen LogP) is 2.62. The van der Waals surface area contributed by atoms with E-state index in [2.05, 4.69) is 34.5 Å². The molecule has 2 aliphatic carbocycles. The first-order valence-electron chi connectivity index (χ1n) is 8.43. The van der Waals surface area contributed by atoms with Crippen molar-refractivity contribution in [1.82, 2.24) is 10.2 Å². The Labute approximate surface area is 122 Å². The van der Waals surface area contributed by atoms with Gasteiger partial charge in [0, 0.05) is 12.1 Å². The molecule has 0 amide bonds. The second-order valence-corrected chi connectivity index (χ2v) is 6.99. The number of nitrogens with zero attached hydrogens (tertiary/aromatic N) is 1. The van der Waals surface area contributed by atoms with E-state index in [1.165, 1.54) is 58.2 Å². The van der Waals surface area contributed by atoms with Crippen LogP contribution in [0.5, 0.6) is 0 Å². The first kappa shape index (κ1) is 12.8. The van der Waals surface area contributed by atoms with Crippen LogP contribution < -0.4 is 5.32 Å². The number of hydrogen-bond donors (Lipinski definition) is 1. The minimum atomic E-state index is 0.775. The second kappa shape index (κ2) is 5.50. The summed E-state index contributed by atoms with van der Waals surface area (Å²) in [7, 11) is 0. The van der Waals surface area contributed by atoms with Crippen molar-refractivity contribution in [1.29, 1.82) is 0 Å². The van der Waals surface area contributed by atoms with Crippen molar-refractivity contribution in [3.63, 3.8) is 0 Å². The van der Waals surface area contributed by atoms with Crippen LogP contribution in [0.25, 0.3) is 0 Å². The molecule has 2 heteroatoms. The Hall–Kier alpha value is -0.860. The zero-order valence-electron chi connectivity index (χ0n) is 12.4. The first-order chi connectivity index (χ1) is 9.88. The van der Waals surface area contributed by atoms with Crippen LogP contribution in [-0.2, 0) is 12.8 Å². The molecule has 1 N–H and O–H groups in total. The Morgan fingerprint density at radius 3 is 2.20 bits per heavy atom. The molecule has 2 fully saturated rings. The van der Waals surface area contributed by atoms with Gasteiger partial charge in [-0.3, -0.25) is 4.90 Å². The lowest BCUT2D eigenvalue weighted by Gasteiger charge is -2.36. The van der Waals surface area contributed by atoms with Gasteiger partial charge in [-0.1, -0.05) is 24.3 Å². The van der Waals surface area contributed by atoms with Crippen molar-refractivity contribution in [2.75, 3.05) is 19.6 Å². The number of piperidine rings is 1. The summed E-state index contributed by atoms with van der Waals surface area (Å²) in [5, 5.41) is 3.79. The summed E-state index contributed by atoms with van der Waals surface area (Å²) in [6, 6.07) is 10.6. The molecule has 0 bridgehead atoms. The SMILES string of the molecule is c1ccc2c(c1)CC(N1CCC(NCC3CC3)CC1)C2. The maximum atomic E-state index is 3.79. The van der Waals surface area contributed by atoms with Gasteiger partial charge in [0.25, 0.3) is 0 Å².